The SMILES string of the molecule is CCNc1nccn1-c1ccccc1SC. The van der Waals surface area contributed by atoms with Crippen molar-refractivity contribution >= 4 is 17.7 Å². The zero-order valence-corrected chi connectivity index (χ0v) is 10.3. The van der Waals surface area contributed by atoms with E-state index in [9.17, 15) is 0 Å². The first-order valence-corrected chi connectivity index (χ1v) is 6.50. The molecule has 0 aliphatic rings. The first kappa shape index (κ1) is 11.1. The Morgan fingerprint density at radius 1 is 1.38 bits per heavy atom. The van der Waals surface area contributed by atoms with Gasteiger partial charge in [-0.2, -0.15) is 0 Å². The fourth-order valence-corrected chi connectivity index (χ4v) is 2.21. The summed E-state index contributed by atoms with van der Waals surface area (Å²) in [6.07, 6.45) is 5.88. The van der Waals surface area contributed by atoms with Crippen molar-refractivity contribution in [2.24, 2.45) is 0 Å². The van der Waals surface area contributed by atoms with Crippen molar-refractivity contribution < 1.29 is 0 Å². The highest BCUT2D eigenvalue weighted by atomic mass is 32.2. The third kappa shape index (κ3) is 2.07. The number of benzene rings is 1. The van der Waals surface area contributed by atoms with Gasteiger partial charge in [-0.15, -0.1) is 11.8 Å². The molecule has 16 heavy (non-hydrogen) atoms. The number of para-hydroxylation sites is 1. The quantitative estimate of drug-likeness (QED) is 0.823. The summed E-state index contributed by atoms with van der Waals surface area (Å²) in [5.41, 5.74) is 1.17. The summed E-state index contributed by atoms with van der Waals surface area (Å²) in [7, 11) is 0. The van der Waals surface area contributed by atoms with E-state index in [0.29, 0.717) is 0 Å². The number of hydrogen-bond donors (Lipinski definition) is 1. The standard InChI is InChI=1S/C12H15N3S/c1-3-13-12-14-8-9-15(12)10-6-4-5-7-11(10)16-2/h4-9H,3H2,1-2H3,(H,13,14). The molecule has 0 saturated heterocycles. The molecule has 3 nitrogen and oxygen atoms in total. The monoisotopic (exact) mass is 233 g/mol. The Bertz CT molecular complexity index is 465. The molecule has 1 N–H and O–H groups in total. The Morgan fingerprint density at radius 2 is 2.19 bits per heavy atom. The van der Waals surface area contributed by atoms with Gasteiger partial charge in [0.25, 0.3) is 0 Å². The van der Waals surface area contributed by atoms with Crippen LogP contribution < -0.4 is 5.32 Å². The Kier molecular flexibility index (Phi) is 3.51. The van der Waals surface area contributed by atoms with Gasteiger partial charge in [0, 0.05) is 23.8 Å². The van der Waals surface area contributed by atoms with Crippen LogP contribution in [0.25, 0.3) is 5.69 Å². The Balaban J connectivity index is 2.45. The maximum Gasteiger partial charge on any atom is 0.207 e. The third-order valence-electron chi connectivity index (χ3n) is 2.32. The molecule has 1 aromatic carbocycles. The van der Waals surface area contributed by atoms with E-state index in [1.165, 1.54) is 10.6 Å². The van der Waals surface area contributed by atoms with Crippen molar-refractivity contribution in [1.82, 2.24) is 9.55 Å². The summed E-state index contributed by atoms with van der Waals surface area (Å²) < 4.78 is 2.08. The van der Waals surface area contributed by atoms with Gasteiger partial charge in [-0.05, 0) is 25.3 Å². The fraction of sp³-hybridized carbons (Fsp3) is 0.250. The summed E-state index contributed by atoms with van der Waals surface area (Å²) in [5.74, 6) is 0.893. The maximum absolute atomic E-state index is 4.30. The Hall–Kier alpha value is -1.42. The lowest BCUT2D eigenvalue weighted by Gasteiger charge is -2.11. The minimum atomic E-state index is 0.873. The predicted octanol–water partition coefficient (Wildman–Crippen LogP) is 3.03. The van der Waals surface area contributed by atoms with E-state index in [2.05, 4.69) is 46.2 Å². The van der Waals surface area contributed by atoms with E-state index in [1.807, 2.05) is 18.5 Å². The summed E-state index contributed by atoms with van der Waals surface area (Å²) in [4.78, 5) is 5.55. The van der Waals surface area contributed by atoms with Crippen LogP contribution in [0.4, 0.5) is 5.95 Å². The summed E-state index contributed by atoms with van der Waals surface area (Å²) >= 11 is 1.74. The van der Waals surface area contributed by atoms with Crippen LogP contribution in [0.15, 0.2) is 41.6 Å². The van der Waals surface area contributed by atoms with Gasteiger partial charge in [-0.3, -0.25) is 4.57 Å². The van der Waals surface area contributed by atoms with Crippen LogP contribution in [-0.4, -0.2) is 22.4 Å². The van der Waals surface area contributed by atoms with Crippen LogP contribution in [0.5, 0.6) is 0 Å². The van der Waals surface area contributed by atoms with E-state index < -0.39 is 0 Å². The Labute approximate surface area is 99.9 Å². The second-order valence-electron chi connectivity index (χ2n) is 3.32. The van der Waals surface area contributed by atoms with Crippen molar-refractivity contribution in [3.63, 3.8) is 0 Å². The molecule has 2 rings (SSSR count). The van der Waals surface area contributed by atoms with Gasteiger partial charge >= 0.3 is 0 Å². The largest absolute Gasteiger partial charge is 0.356 e. The number of imidazole rings is 1. The lowest BCUT2D eigenvalue weighted by molar-refractivity contribution is 0.999. The molecule has 0 atom stereocenters. The molecule has 84 valence electrons. The van der Waals surface area contributed by atoms with Crippen molar-refractivity contribution in [3.05, 3.63) is 36.7 Å². The molecule has 0 saturated carbocycles. The van der Waals surface area contributed by atoms with Gasteiger partial charge in [0.05, 0.1) is 5.69 Å². The van der Waals surface area contributed by atoms with Crippen LogP contribution >= 0.6 is 11.8 Å². The normalized spacial score (nSPS) is 10.4. The third-order valence-corrected chi connectivity index (χ3v) is 3.11. The number of hydrogen-bond acceptors (Lipinski definition) is 3. The second kappa shape index (κ2) is 5.07. The molecule has 1 heterocycles. The molecule has 0 radical (unpaired) electrons. The lowest BCUT2D eigenvalue weighted by Crippen LogP contribution is -2.05. The Morgan fingerprint density at radius 3 is 2.94 bits per heavy atom. The average Bonchev–Trinajstić information content (AvgIpc) is 2.77. The molecular formula is C12H15N3S. The van der Waals surface area contributed by atoms with Gasteiger partial charge in [0.1, 0.15) is 0 Å². The molecule has 0 amide bonds. The van der Waals surface area contributed by atoms with E-state index >= 15 is 0 Å². The summed E-state index contributed by atoms with van der Waals surface area (Å²) in [5, 5.41) is 3.25. The van der Waals surface area contributed by atoms with Crippen molar-refractivity contribution in [1.29, 1.82) is 0 Å². The summed E-state index contributed by atoms with van der Waals surface area (Å²) in [6, 6.07) is 8.33. The van der Waals surface area contributed by atoms with E-state index in [-0.39, 0.29) is 0 Å². The number of rotatable bonds is 4. The zero-order chi connectivity index (χ0) is 11.4. The number of aromatic nitrogens is 2. The molecule has 0 aliphatic carbocycles. The minimum Gasteiger partial charge on any atom is -0.356 e. The van der Waals surface area contributed by atoms with Crippen LogP contribution in [0.1, 0.15) is 6.92 Å². The van der Waals surface area contributed by atoms with Gasteiger partial charge in [-0.1, -0.05) is 12.1 Å². The van der Waals surface area contributed by atoms with E-state index in [1.54, 1.807) is 11.8 Å². The highest BCUT2D eigenvalue weighted by molar-refractivity contribution is 7.98. The van der Waals surface area contributed by atoms with Gasteiger partial charge in [0.15, 0.2) is 0 Å². The van der Waals surface area contributed by atoms with Gasteiger partial charge in [0.2, 0.25) is 5.95 Å². The molecule has 0 unspecified atom stereocenters. The number of nitrogens with zero attached hydrogens (tertiary/aromatic N) is 2. The smallest absolute Gasteiger partial charge is 0.207 e. The predicted molar refractivity (Wildman–Crippen MR) is 69.5 cm³/mol. The number of anilines is 1. The van der Waals surface area contributed by atoms with Crippen molar-refractivity contribution in [3.8, 4) is 5.69 Å². The molecule has 0 aliphatic heterocycles. The van der Waals surface area contributed by atoms with E-state index in [4.69, 9.17) is 0 Å². The van der Waals surface area contributed by atoms with Gasteiger partial charge < -0.3 is 5.32 Å². The van der Waals surface area contributed by atoms with Crippen LogP contribution in [0, 0.1) is 0 Å². The first-order valence-electron chi connectivity index (χ1n) is 5.27. The molecule has 0 spiro atoms. The molecule has 2 aromatic rings. The van der Waals surface area contributed by atoms with E-state index in [0.717, 1.165) is 12.5 Å². The first-order chi connectivity index (χ1) is 7.86. The van der Waals surface area contributed by atoms with Crippen molar-refractivity contribution in [2.75, 3.05) is 18.1 Å². The highest BCUT2D eigenvalue weighted by Crippen LogP contribution is 2.25. The molecule has 0 bridgehead atoms. The fourth-order valence-electron chi connectivity index (χ4n) is 1.62. The topological polar surface area (TPSA) is 29.9 Å². The number of nitrogens with one attached hydrogen (secondary N) is 1. The van der Waals surface area contributed by atoms with Crippen LogP contribution in [0.2, 0.25) is 0 Å². The molecular weight excluding hydrogens is 218 g/mol. The van der Waals surface area contributed by atoms with Crippen molar-refractivity contribution in [2.45, 2.75) is 11.8 Å². The second-order valence-corrected chi connectivity index (χ2v) is 4.17. The van der Waals surface area contributed by atoms with Gasteiger partial charge in [-0.25, -0.2) is 4.98 Å². The summed E-state index contributed by atoms with van der Waals surface area (Å²) in [6.45, 7) is 2.94. The molecule has 0 fully saturated rings. The molecule has 1 aromatic heterocycles. The zero-order valence-electron chi connectivity index (χ0n) is 9.47. The minimum absolute atomic E-state index is 0.873. The average molecular weight is 233 g/mol. The maximum atomic E-state index is 4.30. The van der Waals surface area contributed by atoms with Crippen LogP contribution in [0.3, 0.4) is 0 Å². The van der Waals surface area contributed by atoms with Crippen LogP contribution in [-0.2, 0) is 0 Å². The number of thioether (sulfide) groups is 1. The lowest BCUT2D eigenvalue weighted by atomic mass is 10.3. The molecule has 4 heteroatoms. The highest BCUT2D eigenvalue weighted by Gasteiger charge is 2.07.